The predicted octanol–water partition coefficient (Wildman–Crippen LogP) is 2.63. The van der Waals surface area contributed by atoms with Crippen LogP contribution in [-0.4, -0.2) is 26.8 Å². The van der Waals surface area contributed by atoms with Gasteiger partial charge in [-0.05, 0) is 28.1 Å². The zero-order valence-corrected chi connectivity index (χ0v) is 12.7. The van der Waals surface area contributed by atoms with E-state index in [1.165, 1.54) is 0 Å². The quantitative estimate of drug-likeness (QED) is 0.650. The topological polar surface area (TPSA) is 46.4 Å². The van der Waals surface area contributed by atoms with Crippen LogP contribution in [0, 0.1) is 0 Å². The molecule has 0 spiro atoms. The van der Waals surface area contributed by atoms with Gasteiger partial charge in [-0.15, -0.1) is 18.3 Å². The second kappa shape index (κ2) is 6.77. The van der Waals surface area contributed by atoms with Gasteiger partial charge in [0.2, 0.25) is 5.91 Å². The standard InChI is InChI=1S/C13H14BrN3OS/c1-2-5-19-9-13(18)15-6-11-8-17-7-10(14)3-4-12(17)16-11/h2-4,7-8H,1,5-6,9H2,(H,15,18). The highest BCUT2D eigenvalue weighted by Crippen LogP contribution is 2.12. The summed E-state index contributed by atoms with van der Waals surface area (Å²) in [4.78, 5) is 16.0. The van der Waals surface area contributed by atoms with E-state index < -0.39 is 0 Å². The Labute approximate surface area is 124 Å². The van der Waals surface area contributed by atoms with Crippen molar-refractivity contribution in [1.29, 1.82) is 0 Å². The first kappa shape index (κ1) is 14.1. The van der Waals surface area contributed by atoms with Crippen LogP contribution >= 0.6 is 27.7 Å². The number of thioether (sulfide) groups is 1. The van der Waals surface area contributed by atoms with Crippen LogP contribution in [0.1, 0.15) is 5.69 Å². The number of pyridine rings is 1. The van der Waals surface area contributed by atoms with Gasteiger partial charge in [-0.2, -0.15) is 0 Å². The summed E-state index contributed by atoms with van der Waals surface area (Å²) in [7, 11) is 0. The number of nitrogens with zero attached hydrogens (tertiary/aromatic N) is 2. The van der Waals surface area contributed by atoms with Gasteiger partial charge in [-0.25, -0.2) is 4.98 Å². The summed E-state index contributed by atoms with van der Waals surface area (Å²) in [5, 5.41) is 2.85. The number of carbonyl (C=O) groups is 1. The van der Waals surface area contributed by atoms with Crippen LogP contribution in [0.5, 0.6) is 0 Å². The largest absolute Gasteiger partial charge is 0.350 e. The second-order valence-electron chi connectivity index (χ2n) is 3.93. The van der Waals surface area contributed by atoms with Gasteiger partial charge < -0.3 is 9.72 Å². The van der Waals surface area contributed by atoms with Crippen molar-refractivity contribution in [3.8, 4) is 0 Å². The van der Waals surface area contributed by atoms with Crippen LogP contribution < -0.4 is 5.32 Å². The minimum absolute atomic E-state index is 0.0186. The molecule has 0 unspecified atom stereocenters. The summed E-state index contributed by atoms with van der Waals surface area (Å²) in [6.07, 6.45) is 5.64. The highest BCUT2D eigenvalue weighted by Gasteiger charge is 2.04. The molecule has 2 aromatic heterocycles. The third-order valence-electron chi connectivity index (χ3n) is 2.40. The van der Waals surface area contributed by atoms with Gasteiger partial charge in [0.05, 0.1) is 18.0 Å². The van der Waals surface area contributed by atoms with Crippen molar-refractivity contribution in [1.82, 2.24) is 14.7 Å². The fraction of sp³-hybridized carbons (Fsp3) is 0.231. The Hall–Kier alpha value is -1.27. The third kappa shape index (κ3) is 4.11. The van der Waals surface area contributed by atoms with Crippen molar-refractivity contribution >= 4 is 39.2 Å². The van der Waals surface area contributed by atoms with E-state index in [9.17, 15) is 4.79 Å². The van der Waals surface area contributed by atoms with Gasteiger partial charge in [0.1, 0.15) is 5.65 Å². The molecule has 2 aromatic rings. The zero-order chi connectivity index (χ0) is 13.7. The number of fused-ring (bicyclic) bond motifs is 1. The Balaban J connectivity index is 1.90. The Morgan fingerprint density at radius 2 is 2.37 bits per heavy atom. The summed E-state index contributed by atoms with van der Waals surface area (Å²) in [6.45, 7) is 4.06. The zero-order valence-electron chi connectivity index (χ0n) is 10.3. The smallest absolute Gasteiger partial charge is 0.230 e. The van der Waals surface area contributed by atoms with Gasteiger partial charge >= 0.3 is 0 Å². The number of hydrogen-bond donors (Lipinski definition) is 1. The van der Waals surface area contributed by atoms with Crippen molar-refractivity contribution in [3.05, 3.63) is 47.3 Å². The van der Waals surface area contributed by atoms with E-state index in [2.05, 4.69) is 32.8 Å². The molecule has 19 heavy (non-hydrogen) atoms. The molecule has 100 valence electrons. The predicted molar refractivity (Wildman–Crippen MR) is 82.3 cm³/mol. The summed E-state index contributed by atoms with van der Waals surface area (Å²) < 4.78 is 2.92. The average molecular weight is 340 g/mol. The lowest BCUT2D eigenvalue weighted by Gasteiger charge is -2.01. The molecule has 0 fully saturated rings. The molecule has 1 amide bonds. The van der Waals surface area contributed by atoms with E-state index in [1.807, 2.05) is 28.9 Å². The van der Waals surface area contributed by atoms with Crippen molar-refractivity contribution in [2.75, 3.05) is 11.5 Å². The maximum atomic E-state index is 11.6. The lowest BCUT2D eigenvalue weighted by atomic mass is 10.4. The highest BCUT2D eigenvalue weighted by atomic mass is 79.9. The van der Waals surface area contributed by atoms with Crippen LogP contribution in [0.4, 0.5) is 0 Å². The molecule has 2 rings (SSSR count). The SMILES string of the molecule is C=CCSCC(=O)NCc1cn2cc(Br)ccc2n1. The summed E-state index contributed by atoms with van der Waals surface area (Å²) in [5.41, 5.74) is 1.72. The van der Waals surface area contributed by atoms with Gasteiger partial charge in [0.25, 0.3) is 0 Å². The Morgan fingerprint density at radius 1 is 1.53 bits per heavy atom. The average Bonchev–Trinajstić information content (AvgIpc) is 2.78. The number of carbonyl (C=O) groups excluding carboxylic acids is 1. The maximum Gasteiger partial charge on any atom is 0.230 e. The summed E-state index contributed by atoms with van der Waals surface area (Å²) in [5.74, 6) is 1.26. The number of rotatable bonds is 6. The van der Waals surface area contributed by atoms with Crippen LogP contribution in [0.15, 0.2) is 41.7 Å². The number of imidazole rings is 1. The molecule has 4 nitrogen and oxygen atoms in total. The second-order valence-corrected chi connectivity index (χ2v) is 5.87. The van der Waals surface area contributed by atoms with E-state index >= 15 is 0 Å². The number of amides is 1. The number of hydrogen-bond acceptors (Lipinski definition) is 3. The normalized spacial score (nSPS) is 10.6. The number of aromatic nitrogens is 2. The summed E-state index contributed by atoms with van der Waals surface area (Å²) >= 11 is 4.95. The molecular weight excluding hydrogens is 326 g/mol. The van der Waals surface area contributed by atoms with Gasteiger partial charge in [-0.1, -0.05) is 6.08 Å². The van der Waals surface area contributed by atoms with E-state index in [1.54, 1.807) is 17.8 Å². The molecule has 0 aliphatic carbocycles. The molecule has 0 aliphatic heterocycles. The van der Waals surface area contributed by atoms with Gasteiger partial charge in [0, 0.05) is 22.6 Å². The molecule has 1 N–H and O–H groups in total. The van der Waals surface area contributed by atoms with Crippen LogP contribution in [0.3, 0.4) is 0 Å². The lowest BCUT2D eigenvalue weighted by Crippen LogP contribution is -2.24. The van der Waals surface area contributed by atoms with Crippen molar-refractivity contribution in [3.63, 3.8) is 0 Å². The maximum absolute atomic E-state index is 11.6. The Morgan fingerprint density at radius 3 is 3.16 bits per heavy atom. The van der Waals surface area contributed by atoms with Crippen LogP contribution in [0.25, 0.3) is 5.65 Å². The minimum atomic E-state index is 0.0186. The van der Waals surface area contributed by atoms with Crippen molar-refractivity contribution in [2.45, 2.75) is 6.54 Å². The van der Waals surface area contributed by atoms with E-state index in [0.717, 1.165) is 21.6 Å². The highest BCUT2D eigenvalue weighted by molar-refractivity contribution is 9.10. The molecule has 6 heteroatoms. The molecule has 2 heterocycles. The molecule has 0 atom stereocenters. The van der Waals surface area contributed by atoms with Gasteiger partial charge in [0.15, 0.2) is 0 Å². The fourth-order valence-electron chi connectivity index (χ4n) is 1.58. The van der Waals surface area contributed by atoms with Gasteiger partial charge in [-0.3, -0.25) is 4.79 Å². The first-order valence-electron chi connectivity index (χ1n) is 5.77. The fourth-order valence-corrected chi connectivity index (χ4v) is 2.50. The van der Waals surface area contributed by atoms with Crippen molar-refractivity contribution < 1.29 is 4.79 Å². The van der Waals surface area contributed by atoms with E-state index in [-0.39, 0.29) is 5.91 Å². The number of nitrogens with one attached hydrogen (secondary N) is 1. The molecular formula is C13H14BrN3OS. The van der Waals surface area contributed by atoms with Crippen LogP contribution in [0.2, 0.25) is 0 Å². The van der Waals surface area contributed by atoms with E-state index in [0.29, 0.717) is 12.3 Å². The Kier molecular flexibility index (Phi) is 5.04. The molecule has 0 aliphatic rings. The third-order valence-corrected chi connectivity index (χ3v) is 3.81. The first-order valence-corrected chi connectivity index (χ1v) is 7.72. The number of halogens is 1. The van der Waals surface area contributed by atoms with Crippen LogP contribution in [-0.2, 0) is 11.3 Å². The molecule has 0 radical (unpaired) electrons. The monoisotopic (exact) mass is 339 g/mol. The van der Waals surface area contributed by atoms with E-state index in [4.69, 9.17) is 0 Å². The Bertz CT molecular complexity index is 597. The molecule has 0 saturated carbocycles. The van der Waals surface area contributed by atoms with Crippen molar-refractivity contribution in [2.24, 2.45) is 0 Å². The summed E-state index contributed by atoms with van der Waals surface area (Å²) in [6, 6.07) is 3.87. The molecule has 0 saturated heterocycles. The molecule has 0 aromatic carbocycles. The minimum Gasteiger partial charge on any atom is -0.350 e. The first-order chi connectivity index (χ1) is 9.19. The molecule has 0 bridgehead atoms. The lowest BCUT2D eigenvalue weighted by molar-refractivity contribution is -0.118.